The van der Waals surface area contributed by atoms with E-state index in [0.717, 1.165) is 30.1 Å². The second kappa shape index (κ2) is 7.15. The van der Waals surface area contributed by atoms with Gasteiger partial charge in [0, 0.05) is 42.8 Å². The Labute approximate surface area is 135 Å². The molecule has 120 valence electrons. The van der Waals surface area contributed by atoms with Crippen molar-refractivity contribution >= 4 is 17.5 Å². The van der Waals surface area contributed by atoms with Crippen molar-refractivity contribution in [2.45, 2.75) is 13.8 Å². The number of aromatic nitrogens is 3. The lowest BCUT2D eigenvalue weighted by atomic mass is 10.2. The number of nitrogens with zero attached hydrogens (tertiary/aromatic N) is 5. The maximum Gasteiger partial charge on any atom is 0.227 e. The maximum atomic E-state index is 5.37. The van der Waals surface area contributed by atoms with Gasteiger partial charge >= 0.3 is 0 Å². The number of nitrogens with one attached hydrogen (secondary N) is 1. The van der Waals surface area contributed by atoms with Crippen LogP contribution in [0.4, 0.5) is 11.8 Å². The molecule has 1 fully saturated rings. The number of hydrazone groups is 1. The van der Waals surface area contributed by atoms with Crippen LogP contribution in [0.3, 0.4) is 0 Å². The fraction of sp³-hybridized carbons (Fsp3) is 0.375. The summed E-state index contributed by atoms with van der Waals surface area (Å²) in [4.78, 5) is 15.2. The molecule has 3 heterocycles. The summed E-state index contributed by atoms with van der Waals surface area (Å²) in [6.45, 7) is 6.93. The molecule has 3 rings (SSSR count). The van der Waals surface area contributed by atoms with E-state index < -0.39 is 0 Å². The predicted molar refractivity (Wildman–Crippen MR) is 89.9 cm³/mol. The van der Waals surface area contributed by atoms with Gasteiger partial charge in [0.1, 0.15) is 0 Å². The molecule has 2 aromatic heterocycles. The summed E-state index contributed by atoms with van der Waals surface area (Å²) in [7, 11) is 0. The van der Waals surface area contributed by atoms with Crippen molar-refractivity contribution in [1.29, 1.82) is 0 Å². The Morgan fingerprint density at radius 3 is 2.70 bits per heavy atom. The molecule has 0 unspecified atom stereocenters. The number of pyridine rings is 1. The minimum absolute atomic E-state index is 0.687. The average Bonchev–Trinajstić information content (AvgIpc) is 2.61. The van der Waals surface area contributed by atoms with Gasteiger partial charge in [0.05, 0.1) is 18.9 Å². The fourth-order valence-corrected chi connectivity index (χ4v) is 2.31. The minimum atomic E-state index is 0.687. The van der Waals surface area contributed by atoms with Gasteiger partial charge in [-0.15, -0.1) is 0 Å². The molecule has 0 spiro atoms. The highest BCUT2D eigenvalue weighted by molar-refractivity contribution is 5.98. The van der Waals surface area contributed by atoms with E-state index in [-0.39, 0.29) is 0 Å². The zero-order valence-corrected chi connectivity index (χ0v) is 13.4. The molecule has 0 amide bonds. The van der Waals surface area contributed by atoms with Crippen LogP contribution < -0.4 is 10.3 Å². The lowest BCUT2D eigenvalue weighted by Gasteiger charge is -2.27. The minimum Gasteiger partial charge on any atom is -0.378 e. The summed E-state index contributed by atoms with van der Waals surface area (Å²) in [6.07, 6.45) is 3.50. The van der Waals surface area contributed by atoms with Gasteiger partial charge in [-0.1, -0.05) is 0 Å². The highest BCUT2D eigenvalue weighted by Crippen LogP contribution is 2.15. The lowest BCUT2D eigenvalue weighted by molar-refractivity contribution is 0.122. The molecule has 2 aromatic rings. The van der Waals surface area contributed by atoms with E-state index in [9.17, 15) is 0 Å². The van der Waals surface area contributed by atoms with Crippen LogP contribution in [0, 0.1) is 6.92 Å². The van der Waals surface area contributed by atoms with E-state index in [0.29, 0.717) is 25.0 Å². The second-order valence-corrected chi connectivity index (χ2v) is 5.34. The second-order valence-electron chi connectivity index (χ2n) is 5.34. The number of hydrogen-bond donors (Lipinski definition) is 1. The first kappa shape index (κ1) is 15.4. The molecule has 0 atom stereocenters. The van der Waals surface area contributed by atoms with Gasteiger partial charge in [0.2, 0.25) is 5.95 Å². The van der Waals surface area contributed by atoms with Crippen LogP contribution in [0.5, 0.6) is 0 Å². The third kappa shape index (κ3) is 4.01. The fourth-order valence-electron chi connectivity index (χ4n) is 2.31. The number of morpholine rings is 1. The zero-order chi connectivity index (χ0) is 16.1. The molecule has 1 aliphatic rings. The number of ether oxygens (including phenoxy) is 1. The van der Waals surface area contributed by atoms with E-state index in [1.165, 1.54) is 0 Å². The van der Waals surface area contributed by atoms with Gasteiger partial charge in [0.25, 0.3) is 0 Å². The Bertz CT molecular complexity index is 682. The Balaban J connectivity index is 1.76. The molecular formula is C16H20N6O. The summed E-state index contributed by atoms with van der Waals surface area (Å²) in [5.41, 5.74) is 5.82. The first-order valence-electron chi connectivity index (χ1n) is 7.61. The SMILES string of the molecule is CC(=NNc1cc(C)nc(N2CCOCC2)n1)c1ccncc1. The van der Waals surface area contributed by atoms with E-state index in [2.05, 4.69) is 30.4 Å². The molecule has 0 saturated carbocycles. The van der Waals surface area contributed by atoms with Crippen LogP contribution in [0.1, 0.15) is 18.2 Å². The van der Waals surface area contributed by atoms with Gasteiger partial charge in [-0.2, -0.15) is 10.1 Å². The van der Waals surface area contributed by atoms with Crippen molar-refractivity contribution in [3.8, 4) is 0 Å². The van der Waals surface area contributed by atoms with Crippen LogP contribution in [0.25, 0.3) is 0 Å². The van der Waals surface area contributed by atoms with Crippen LogP contribution in [-0.2, 0) is 4.74 Å². The molecule has 1 N–H and O–H groups in total. The van der Waals surface area contributed by atoms with E-state index >= 15 is 0 Å². The van der Waals surface area contributed by atoms with E-state index in [4.69, 9.17) is 4.74 Å². The summed E-state index contributed by atoms with van der Waals surface area (Å²) in [5, 5.41) is 4.40. The predicted octanol–water partition coefficient (Wildman–Crippen LogP) is 1.85. The molecule has 0 radical (unpaired) electrons. The molecule has 0 aromatic carbocycles. The molecule has 0 bridgehead atoms. The molecular weight excluding hydrogens is 292 g/mol. The molecule has 7 nitrogen and oxygen atoms in total. The van der Waals surface area contributed by atoms with Gasteiger partial charge in [-0.3, -0.25) is 10.4 Å². The van der Waals surface area contributed by atoms with Crippen molar-refractivity contribution in [2.75, 3.05) is 36.6 Å². The van der Waals surface area contributed by atoms with Crippen molar-refractivity contribution in [2.24, 2.45) is 5.10 Å². The Kier molecular flexibility index (Phi) is 4.77. The summed E-state index contributed by atoms with van der Waals surface area (Å²) in [5.74, 6) is 1.40. The van der Waals surface area contributed by atoms with Crippen LogP contribution >= 0.6 is 0 Å². The molecule has 1 aliphatic heterocycles. The van der Waals surface area contributed by atoms with Crippen molar-refractivity contribution in [1.82, 2.24) is 15.0 Å². The van der Waals surface area contributed by atoms with Crippen molar-refractivity contribution in [3.63, 3.8) is 0 Å². The van der Waals surface area contributed by atoms with Crippen molar-refractivity contribution < 1.29 is 4.74 Å². The Morgan fingerprint density at radius 1 is 1.22 bits per heavy atom. The third-order valence-corrected chi connectivity index (χ3v) is 3.57. The van der Waals surface area contributed by atoms with Crippen LogP contribution in [0.15, 0.2) is 35.7 Å². The summed E-state index contributed by atoms with van der Waals surface area (Å²) >= 11 is 0. The number of rotatable bonds is 4. The lowest BCUT2D eigenvalue weighted by Crippen LogP contribution is -2.37. The topological polar surface area (TPSA) is 75.5 Å². The summed E-state index contributed by atoms with van der Waals surface area (Å²) < 4.78 is 5.37. The van der Waals surface area contributed by atoms with E-state index in [1.54, 1.807) is 12.4 Å². The van der Waals surface area contributed by atoms with Gasteiger partial charge < -0.3 is 9.64 Å². The van der Waals surface area contributed by atoms with Crippen LogP contribution in [0.2, 0.25) is 0 Å². The molecule has 7 heteroatoms. The van der Waals surface area contributed by atoms with Crippen molar-refractivity contribution in [3.05, 3.63) is 41.9 Å². The first-order chi connectivity index (χ1) is 11.2. The highest BCUT2D eigenvalue weighted by atomic mass is 16.5. The van der Waals surface area contributed by atoms with Gasteiger partial charge in [-0.05, 0) is 26.0 Å². The molecule has 1 saturated heterocycles. The van der Waals surface area contributed by atoms with E-state index in [1.807, 2.05) is 32.0 Å². The smallest absolute Gasteiger partial charge is 0.227 e. The van der Waals surface area contributed by atoms with Gasteiger partial charge in [-0.25, -0.2) is 4.98 Å². The normalized spacial score (nSPS) is 15.6. The molecule has 23 heavy (non-hydrogen) atoms. The Hall–Kier alpha value is -2.54. The maximum absolute atomic E-state index is 5.37. The zero-order valence-electron chi connectivity index (χ0n) is 13.4. The highest BCUT2D eigenvalue weighted by Gasteiger charge is 2.14. The molecule has 0 aliphatic carbocycles. The number of anilines is 2. The van der Waals surface area contributed by atoms with Gasteiger partial charge in [0.15, 0.2) is 5.82 Å². The first-order valence-corrected chi connectivity index (χ1v) is 7.61. The largest absolute Gasteiger partial charge is 0.378 e. The number of aryl methyl sites for hydroxylation is 1. The quantitative estimate of drug-likeness (QED) is 0.686. The van der Waals surface area contributed by atoms with Crippen LogP contribution in [-0.4, -0.2) is 47.0 Å². The monoisotopic (exact) mass is 312 g/mol. The standard InChI is InChI=1S/C16H20N6O/c1-12-11-15(19-16(18-12)22-7-9-23-10-8-22)21-20-13(2)14-3-5-17-6-4-14/h3-6,11H,7-10H2,1-2H3,(H,18,19,21). The Morgan fingerprint density at radius 2 is 1.96 bits per heavy atom. The third-order valence-electron chi connectivity index (χ3n) is 3.57. The summed E-state index contributed by atoms with van der Waals surface area (Å²) in [6, 6.07) is 5.73. The average molecular weight is 312 g/mol. The number of hydrogen-bond acceptors (Lipinski definition) is 7.